The van der Waals surface area contributed by atoms with Crippen molar-refractivity contribution < 1.29 is 45.8 Å². The first kappa shape index (κ1) is 42.0. The van der Waals surface area contributed by atoms with E-state index in [2.05, 4.69) is 20.8 Å². The van der Waals surface area contributed by atoms with Crippen molar-refractivity contribution in [3.05, 3.63) is 0 Å². The Kier molecular flexibility index (Phi) is 30.7. The molecule has 218 valence electrons. The Morgan fingerprint density at radius 1 is 0.459 bits per heavy atom. The summed E-state index contributed by atoms with van der Waals surface area (Å²) < 4.78 is 0. The molecule has 0 spiro atoms. The average molecular weight is 570 g/mol. The molecule has 0 aliphatic heterocycles. The van der Waals surface area contributed by atoms with Crippen LogP contribution in [0.2, 0.25) is 0 Å². The van der Waals surface area contributed by atoms with Gasteiger partial charge in [-0.2, -0.15) is 0 Å². The normalized spacial score (nSPS) is 9.32. The molecule has 3 amide bonds. The quantitative estimate of drug-likeness (QED) is 0.220. The molecule has 0 radical (unpaired) electrons. The van der Waals surface area contributed by atoms with Crippen LogP contribution in [0.5, 0.6) is 0 Å². The van der Waals surface area contributed by atoms with Crippen LogP contribution >= 0.6 is 0 Å². The van der Waals surface area contributed by atoms with Crippen LogP contribution in [0.1, 0.15) is 99.3 Å². The van der Waals surface area contributed by atoms with E-state index in [1.54, 1.807) is 35.8 Å². The SMILES string of the molecule is CCCCN(C)C(=O)CC(C)=O.CCCCN(C)C(=O)CC(C)=O.CCCCN(C)C(=O)CC(C)=O.[Fe]. The van der Waals surface area contributed by atoms with E-state index in [-0.39, 0.29) is 71.4 Å². The van der Waals surface area contributed by atoms with E-state index in [0.29, 0.717) is 0 Å². The molecule has 37 heavy (non-hydrogen) atoms. The maximum absolute atomic E-state index is 11.2. The fourth-order valence-corrected chi connectivity index (χ4v) is 2.60. The topological polar surface area (TPSA) is 112 Å². The summed E-state index contributed by atoms with van der Waals surface area (Å²) >= 11 is 0. The molecule has 0 aliphatic rings. The Bertz CT molecular complexity index is 595. The molecule has 0 N–H and O–H groups in total. The molecule has 0 aromatic heterocycles. The van der Waals surface area contributed by atoms with Gasteiger partial charge in [0.25, 0.3) is 0 Å². The Labute approximate surface area is 235 Å². The van der Waals surface area contributed by atoms with Gasteiger partial charge in [-0.1, -0.05) is 40.0 Å². The van der Waals surface area contributed by atoms with Gasteiger partial charge in [0.1, 0.15) is 17.3 Å². The third kappa shape index (κ3) is 30.1. The predicted molar refractivity (Wildman–Crippen MR) is 144 cm³/mol. The van der Waals surface area contributed by atoms with E-state index >= 15 is 0 Å². The summed E-state index contributed by atoms with van der Waals surface area (Å²) in [4.78, 5) is 70.1. The number of ketones is 3. The summed E-state index contributed by atoms with van der Waals surface area (Å²) in [7, 11) is 5.21. The molecule has 0 aliphatic carbocycles. The van der Waals surface area contributed by atoms with Gasteiger partial charge in [-0.25, -0.2) is 0 Å². The standard InChI is InChI=1S/3C9H17NO2.Fe/c3*1-4-5-6-10(3)9(12)7-8(2)11;/h3*4-7H2,1-3H3;. The number of amides is 3. The molecule has 0 aromatic rings. The monoisotopic (exact) mass is 569 g/mol. The van der Waals surface area contributed by atoms with Crippen molar-refractivity contribution in [1.82, 2.24) is 14.7 Å². The molecular weight excluding hydrogens is 518 g/mol. The molecule has 0 aromatic carbocycles. The van der Waals surface area contributed by atoms with Crippen LogP contribution in [0, 0.1) is 0 Å². The molecule has 0 saturated heterocycles. The Balaban J connectivity index is -0.000000218. The maximum atomic E-state index is 11.2. The van der Waals surface area contributed by atoms with Gasteiger partial charge in [0, 0.05) is 57.8 Å². The van der Waals surface area contributed by atoms with Crippen LogP contribution in [0.4, 0.5) is 0 Å². The summed E-state index contributed by atoms with van der Waals surface area (Å²) in [5, 5.41) is 0. The van der Waals surface area contributed by atoms with E-state index in [1.807, 2.05) is 0 Å². The summed E-state index contributed by atoms with van der Waals surface area (Å²) in [6.45, 7) is 12.8. The molecular formula is C27H51FeN3O6. The van der Waals surface area contributed by atoms with Crippen molar-refractivity contribution in [2.75, 3.05) is 40.8 Å². The number of Topliss-reactive ketones (excluding diaryl/α,β-unsaturated/α-hetero) is 3. The zero-order valence-corrected chi connectivity index (χ0v) is 25.7. The summed E-state index contributed by atoms with van der Waals surface area (Å²) in [6.07, 6.45) is 6.33. The zero-order chi connectivity index (χ0) is 28.7. The largest absolute Gasteiger partial charge is 0.345 e. The van der Waals surface area contributed by atoms with Gasteiger partial charge in [-0.3, -0.25) is 28.8 Å². The zero-order valence-electron chi connectivity index (χ0n) is 24.6. The summed E-state index contributed by atoms with van der Waals surface area (Å²) in [6, 6.07) is 0. The van der Waals surface area contributed by atoms with Crippen molar-refractivity contribution in [3.63, 3.8) is 0 Å². The number of nitrogens with zero attached hydrogens (tertiary/aromatic N) is 3. The number of rotatable bonds is 15. The van der Waals surface area contributed by atoms with Crippen molar-refractivity contribution in [3.8, 4) is 0 Å². The van der Waals surface area contributed by atoms with Gasteiger partial charge in [-0.05, 0) is 40.0 Å². The minimum Gasteiger partial charge on any atom is -0.345 e. The fraction of sp³-hybridized carbons (Fsp3) is 0.778. The van der Waals surface area contributed by atoms with E-state index in [4.69, 9.17) is 0 Å². The molecule has 9 nitrogen and oxygen atoms in total. The fourth-order valence-electron chi connectivity index (χ4n) is 2.60. The van der Waals surface area contributed by atoms with E-state index in [9.17, 15) is 28.8 Å². The third-order valence-corrected chi connectivity index (χ3v) is 5.02. The molecule has 0 saturated carbocycles. The molecule has 0 unspecified atom stereocenters. The first-order valence-corrected chi connectivity index (χ1v) is 12.9. The van der Waals surface area contributed by atoms with Crippen molar-refractivity contribution >= 4 is 35.1 Å². The second-order valence-corrected chi connectivity index (χ2v) is 9.14. The number of unbranched alkanes of at least 4 members (excludes halogenated alkanes) is 3. The maximum Gasteiger partial charge on any atom is 0.229 e. The van der Waals surface area contributed by atoms with Crippen LogP contribution in [0.25, 0.3) is 0 Å². The van der Waals surface area contributed by atoms with Gasteiger partial charge in [-0.15, -0.1) is 0 Å². The summed E-state index contributed by atoms with van der Waals surface area (Å²) in [5.41, 5.74) is 0. The first-order chi connectivity index (χ1) is 16.7. The van der Waals surface area contributed by atoms with E-state index in [1.165, 1.54) is 20.8 Å². The molecule has 10 heteroatoms. The van der Waals surface area contributed by atoms with Crippen LogP contribution < -0.4 is 0 Å². The number of hydrogen-bond donors (Lipinski definition) is 0. The van der Waals surface area contributed by atoms with Crippen molar-refractivity contribution in [1.29, 1.82) is 0 Å². The third-order valence-electron chi connectivity index (χ3n) is 5.02. The van der Waals surface area contributed by atoms with Crippen molar-refractivity contribution in [2.45, 2.75) is 99.3 Å². The second kappa shape index (κ2) is 27.0. The molecule has 0 fully saturated rings. The van der Waals surface area contributed by atoms with Gasteiger partial charge in [0.15, 0.2) is 0 Å². The Morgan fingerprint density at radius 2 is 0.649 bits per heavy atom. The number of carbonyl (C=O) groups is 6. The molecule has 0 bridgehead atoms. The minimum absolute atomic E-state index is 0. The van der Waals surface area contributed by atoms with Gasteiger partial charge >= 0.3 is 0 Å². The molecule has 0 atom stereocenters. The minimum atomic E-state index is -0.0732. The van der Waals surface area contributed by atoms with E-state index < -0.39 is 0 Å². The van der Waals surface area contributed by atoms with Crippen molar-refractivity contribution in [2.24, 2.45) is 0 Å². The predicted octanol–water partition coefficient (Wildman–Crippen LogP) is 3.67. The Hall–Kier alpha value is -2.06. The average Bonchev–Trinajstić information content (AvgIpc) is 2.78. The number of hydrogen-bond acceptors (Lipinski definition) is 6. The smallest absolute Gasteiger partial charge is 0.229 e. The first-order valence-electron chi connectivity index (χ1n) is 12.9. The van der Waals surface area contributed by atoms with Gasteiger partial charge in [0.05, 0.1) is 19.3 Å². The van der Waals surface area contributed by atoms with E-state index in [0.717, 1.165) is 58.2 Å². The second-order valence-electron chi connectivity index (χ2n) is 9.14. The molecule has 0 rings (SSSR count). The van der Waals surface area contributed by atoms with Crippen LogP contribution in [-0.2, 0) is 45.8 Å². The van der Waals surface area contributed by atoms with Crippen LogP contribution in [-0.4, -0.2) is 90.5 Å². The molecule has 0 heterocycles. The van der Waals surface area contributed by atoms with Crippen LogP contribution in [0.3, 0.4) is 0 Å². The summed E-state index contributed by atoms with van der Waals surface area (Å²) in [5.74, 6) is -0.419. The Morgan fingerprint density at radius 3 is 0.784 bits per heavy atom. The van der Waals surface area contributed by atoms with Crippen LogP contribution in [0.15, 0.2) is 0 Å². The van der Waals surface area contributed by atoms with Gasteiger partial charge in [0.2, 0.25) is 17.7 Å². The van der Waals surface area contributed by atoms with Gasteiger partial charge < -0.3 is 14.7 Å². The number of carbonyl (C=O) groups excluding carboxylic acids is 6.